The smallest absolute Gasteiger partial charge is 0.178 e. The van der Waals surface area contributed by atoms with Crippen molar-refractivity contribution >= 4 is 27.6 Å². The predicted molar refractivity (Wildman–Crippen MR) is 125 cm³/mol. The molecule has 0 spiro atoms. The van der Waals surface area contributed by atoms with Gasteiger partial charge in [-0.1, -0.05) is 109 Å². The van der Waals surface area contributed by atoms with E-state index in [0.717, 1.165) is 27.8 Å². The Kier molecular flexibility index (Phi) is 3.75. The van der Waals surface area contributed by atoms with Gasteiger partial charge in [0.2, 0.25) is 0 Å². The highest BCUT2D eigenvalue weighted by Gasteiger charge is 2.37. The first-order valence-corrected chi connectivity index (χ1v) is 10.3. The van der Waals surface area contributed by atoms with E-state index in [-0.39, 0.29) is 0 Å². The molecule has 0 radical (unpaired) electrons. The van der Waals surface area contributed by atoms with Gasteiger partial charge in [0.15, 0.2) is 5.60 Å². The van der Waals surface area contributed by atoms with Gasteiger partial charge >= 0.3 is 0 Å². The van der Waals surface area contributed by atoms with E-state index in [1.165, 1.54) is 16.2 Å². The molecule has 5 aromatic carbocycles. The van der Waals surface area contributed by atoms with Crippen LogP contribution in [0.3, 0.4) is 0 Å². The van der Waals surface area contributed by atoms with Crippen molar-refractivity contribution in [1.29, 1.82) is 0 Å². The number of benzene rings is 5. The predicted octanol–water partition coefficient (Wildman–Crippen LogP) is 7.34. The molecule has 0 fully saturated rings. The molecule has 0 N–H and O–H groups in total. The van der Waals surface area contributed by atoms with Crippen LogP contribution in [0, 0.1) is 0 Å². The van der Waals surface area contributed by atoms with Crippen LogP contribution in [0.25, 0.3) is 27.6 Å². The Bertz CT molecular complexity index is 1360. The molecule has 0 saturated carbocycles. The second kappa shape index (κ2) is 6.60. The molecule has 1 heteroatoms. The van der Waals surface area contributed by atoms with Crippen molar-refractivity contribution in [1.82, 2.24) is 0 Å². The van der Waals surface area contributed by atoms with Gasteiger partial charge in [0.25, 0.3) is 0 Å². The Hall–Kier alpha value is -3.84. The Morgan fingerprint density at radius 3 is 1.53 bits per heavy atom. The summed E-state index contributed by atoms with van der Waals surface area (Å²) in [4.78, 5) is 0. The third-order valence-electron chi connectivity index (χ3n) is 6.08. The van der Waals surface area contributed by atoms with Gasteiger partial charge in [0, 0.05) is 22.1 Å². The maximum Gasteiger partial charge on any atom is 0.178 e. The molecule has 0 bridgehead atoms. The topological polar surface area (TPSA) is 9.23 Å². The van der Waals surface area contributed by atoms with Crippen LogP contribution in [0.5, 0.6) is 5.75 Å². The molecule has 0 amide bonds. The second-order valence-electron chi connectivity index (χ2n) is 7.74. The SMILES string of the molecule is C1=CC(c2ccccc2)(c2ccccc2)Oc2c1c1ccccc1c1ccccc21. The van der Waals surface area contributed by atoms with Crippen molar-refractivity contribution < 1.29 is 4.74 Å². The Balaban J connectivity index is 1.70. The fraction of sp³-hybridized carbons (Fsp3) is 0.0345. The molecule has 1 heterocycles. The summed E-state index contributed by atoms with van der Waals surface area (Å²) in [5.41, 5.74) is 2.72. The van der Waals surface area contributed by atoms with Crippen molar-refractivity contribution in [3.05, 3.63) is 132 Å². The molecule has 0 unspecified atom stereocenters. The molecule has 0 atom stereocenters. The summed E-state index contributed by atoms with van der Waals surface area (Å²) in [5, 5.41) is 4.84. The lowest BCUT2D eigenvalue weighted by Crippen LogP contribution is -2.34. The lowest BCUT2D eigenvalue weighted by molar-refractivity contribution is 0.164. The van der Waals surface area contributed by atoms with E-state index in [1.54, 1.807) is 0 Å². The average Bonchev–Trinajstić information content (AvgIpc) is 2.85. The van der Waals surface area contributed by atoms with Gasteiger partial charge < -0.3 is 4.74 Å². The van der Waals surface area contributed by atoms with Gasteiger partial charge in [-0.2, -0.15) is 0 Å². The van der Waals surface area contributed by atoms with E-state index in [1.807, 2.05) is 12.1 Å². The Morgan fingerprint density at radius 2 is 0.933 bits per heavy atom. The maximum atomic E-state index is 7.03. The van der Waals surface area contributed by atoms with Gasteiger partial charge in [-0.25, -0.2) is 0 Å². The van der Waals surface area contributed by atoms with Crippen molar-refractivity contribution in [2.24, 2.45) is 0 Å². The van der Waals surface area contributed by atoms with Crippen molar-refractivity contribution in [2.75, 3.05) is 0 Å². The molecule has 1 aliphatic rings. The minimum absolute atomic E-state index is 0.666. The standard InChI is InChI=1S/C29H20O/c1-3-11-21(12-4-1)29(22-13-5-2-6-14-22)20-19-27-25-17-8-7-15-23(25)24-16-9-10-18-26(24)28(27)30-29/h1-20H. The van der Waals surface area contributed by atoms with Crippen LogP contribution in [0.1, 0.15) is 16.7 Å². The molecule has 6 rings (SSSR count). The Labute approximate surface area is 175 Å². The normalized spacial score (nSPS) is 14.4. The summed E-state index contributed by atoms with van der Waals surface area (Å²) in [5.74, 6) is 0.944. The minimum Gasteiger partial charge on any atom is -0.472 e. The monoisotopic (exact) mass is 384 g/mol. The number of fused-ring (bicyclic) bond motifs is 6. The number of rotatable bonds is 2. The first kappa shape index (κ1) is 17.1. The largest absolute Gasteiger partial charge is 0.472 e. The van der Waals surface area contributed by atoms with E-state index in [4.69, 9.17) is 4.74 Å². The van der Waals surface area contributed by atoms with E-state index >= 15 is 0 Å². The van der Waals surface area contributed by atoms with Crippen molar-refractivity contribution in [3.63, 3.8) is 0 Å². The summed E-state index contributed by atoms with van der Waals surface area (Å²) in [6.07, 6.45) is 4.45. The first-order chi connectivity index (χ1) is 14.9. The lowest BCUT2D eigenvalue weighted by Gasteiger charge is -2.37. The zero-order chi connectivity index (χ0) is 20.0. The molecular weight excluding hydrogens is 364 g/mol. The van der Waals surface area contributed by atoms with Crippen LogP contribution in [0.15, 0.2) is 115 Å². The average molecular weight is 384 g/mol. The van der Waals surface area contributed by atoms with Gasteiger partial charge in [0.05, 0.1) is 0 Å². The molecule has 1 nitrogen and oxygen atoms in total. The molecule has 0 saturated heterocycles. The second-order valence-corrected chi connectivity index (χ2v) is 7.74. The van der Waals surface area contributed by atoms with Crippen LogP contribution < -0.4 is 4.74 Å². The van der Waals surface area contributed by atoms with Crippen LogP contribution in [0.4, 0.5) is 0 Å². The zero-order valence-corrected chi connectivity index (χ0v) is 16.5. The minimum atomic E-state index is -0.666. The van der Waals surface area contributed by atoms with Gasteiger partial charge in [-0.3, -0.25) is 0 Å². The van der Waals surface area contributed by atoms with Crippen molar-refractivity contribution in [2.45, 2.75) is 5.60 Å². The van der Waals surface area contributed by atoms with Crippen molar-refractivity contribution in [3.8, 4) is 5.75 Å². The molecule has 0 aromatic heterocycles. The maximum absolute atomic E-state index is 7.03. The van der Waals surface area contributed by atoms with Gasteiger partial charge in [0.1, 0.15) is 5.75 Å². The molecule has 30 heavy (non-hydrogen) atoms. The molecular formula is C29H20O. The number of ether oxygens (including phenoxy) is 1. The van der Waals surface area contributed by atoms with E-state index < -0.39 is 5.60 Å². The highest BCUT2D eigenvalue weighted by atomic mass is 16.5. The zero-order valence-electron chi connectivity index (χ0n) is 16.5. The molecule has 5 aromatic rings. The fourth-order valence-electron chi connectivity index (χ4n) is 4.66. The molecule has 1 aliphatic heterocycles. The van der Waals surface area contributed by atoms with Gasteiger partial charge in [-0.05, 0) is 28.3 Å². The van der Waals surface area contributed by atoms with E-state index in [9.17, 15) is 0 Å². The van der Waals surface area contributed by atoms with E-state index in [0.29, 0.717) is 0 Å². The summed E-state index contributed by atoms with van der Waals surface area (Å²) in [6.45, 7) is 0. The molecule has 142 valence electrons. The highest BCUT2D eigenvalue weighted by Crippen LogP contribution is 2.47. The first-order valence-electron chi connectivity index (χ1n) is 10.3. The quantitative estimate of drug-likeness (QED) is 0.289. The van der Waals surface area contributed by atoms with Crippen LogP contribution in [-0.2, 0) is 5.60 Å². The van der Waals surface area contributed by atoms with Gasteiger partial charge in [-0.15, -0.1) is 0 Å². The molecule has 0 aliphatic carbocycles. The third kappa shape index (κ3) is 2.42. The lowest BCUT2D eigenvalue weighted by atomic mass is 9.82. The van der Waals surface area contributed by atoms with Crippen LogP contribution >= 0.6 is 0 Å². The summed E-state index contributed by atoms with van der Waals surface area (Å²) in [7, 11) is 0. The van der Waals surface area contributed by atoms with Crippen LogP contribution in [0.2, 0.25) is 0 Å². The summed E-state index contributed by atoms with van der Waals surface area (Å²) < 4.78 is 7.03. The number of hydrogen-bond acceptors (Lipinski definition) is 1. The number of hydrogen-bond donors (Lipinski definition) is 0. The summed E-state index contributed by atoms with van der Waals surface area (Å²) >= 11 is 0. The van der Waals surface area contributed by atoms with E-state index in [2.05, 4.69) is 109 Å². The van der Waals surface area contributed by atoms with Crippen LogP contribution in [-0.4, -0.2) is 0 Å². The Morgan fingerprint density at radius 1 is 0.467 bits per heavy atom. The third-order valence-corrected chi connectivity index (χ3v) is 6.08. The fourth-order valence-corrected chi connectivity index (χ4v) is 4.66. The summed E-state index contributed by atoms with van der Waals surface area (Å²) in [6, 6.07) is 38.1. The highest BCUT2D eigenvalue weighted by molar-refractivity contribution is 6.14.